The van der Waals surface area contributed by atoms with E-state index >= 15 is 0 Å². The van der Waals surface area contributed by atoms with E-state index in [4.69, 9.17) is 0 Å². The van der Waals surface area contributed by atoms with Crippen LogP contribution < -0.4 is 5.56 Å². The highest BCUT2D eigenvalue weighted by molar-refractivity contribution is 5.88. The van der Waals surface area contributed by atoms with Crippen molar-refractivity contribution in [2.75, 3.05) is 13.1 Å². The Morgan fingerprint density at radius 3 is 2.62 bits per heavy atom. The average Bonchev–Trinajstić information content (AvgIpc) is 3.24. The number of piperidine rings is 1. The molecule has 0 spiro atoms. The van der Waals surface area contributed by atoms with Crippen molar-refractivity contribution in [1.82, 2.24) is 24.6 Å². The number of carbonyl (C=O) groups excluding carboxylic acids is 1. The van der Waals surface area contributed by atoms with Gasteiger partial charge in [-0.15, -0.1) is 0 Å². The molecule has 3 aromatic heterocycles. The third kappa shape index (κ3) is 4.19. The first kappa shape index (κ1) is 20.2. The van der Waals surface area contributed by atoms with Crippen molar-refractivity contribution >= 4 is 16.8 Å². The normalized spacial score (nSPS) is 14.7. The van der Waals surface area contributed by atoms with Gasteiger partial charge in [0.1, 0.15) is 0 Å². The standard InChI is InChI=1S/C25H25N5O2/c31-24-6-5-22(19-7-11-26-12-8-19)28-30(24)17-18-9-13-29(14-10-18)25(32)15-20-16-27-23-4-2-1-3-21(20)23/h1-8,11-12,16,18,27H,9-10,13-15,17H2. The maximum atomic E-state index is 12.9. The summed E-state index contributed by atoms with van der Waals surface area (Å²) < 4.78 is 1.56. The van der Waals surface area contributed by atoms with E-state index in [0.29, 0.717) is 32.0 Å². The Bertz CT molecular complexity index is 1290. The van der Waals surface area contributed by atoms with E-state index in [1.807, 2.05) is 47.5 Å². The minimum absolute atomic E-state index is 0.0966. The van der Waals surface area contributed by atoms with Crippen molar-refractivity contribution in [3.8, 4) is 11.3 Å². The molecule has 1 fully saturated rings. The molecule has 4 heterocycles. The Morgan fingerprint density at radius 2 is 1.81 bits per heavy atom. The summed E-state index contributed by atoms with van der Waals surface area (Å²) in [6.45, 7) is 2.00. The predicted octanol–water partition coefficient (Wildman–Crippen LogP) is 3.27. The van der Waals surface area contributed by atoms with Gasteiger partial charge in [-0.1, -0.05) is 18.2 Å². The lowest BCUT2D eigenvalue weighted by Crippen LogP contribution is -2.41. The Morgan fingerprint density at radius 1 is 1.03 bits per heavy atom. The number of likely N-dealkylation sites (tertiary alicyclic amines) is 1. The van der Waals surface area contributed by atoms with Crippen molar-refractivity contribution in [1.29, 1.82) is 0 Å². The number of pyridine rings is 1. The summed E-state index contributed by atoms with van der Waals surface area (Å²) in [6, 6.07) is 15.1. The predicted molar refractivity (Wildman–Crippen MR) is 123 cm³/mol. The first-order valence-electron chi connectivity index (χ1n) is 11.0. The first-order valence-corrected chi connectivity index (χ1v) is 11.0. The number of amides is 1. The Labute approximate surface area is 185 Å². The summed E-state index contributed by atoms with van der Waals surface area (Å²) in [4.78, 5) is 34.4. The molecule has 32 heavy (non-hydrogen) atoms. The van der Waals surface area contributed by atoms with Gasteiger partial charge in [-0.25, -0.2) is 4.68 Å². The summed E-state index contributed by atoms with van der Waals surface area (Å²) in [6.07, 6.45) is 7.51. The maximum Gasteiger partial charge on any atom is 0.266 e. The highest BCUT2D eigenvalue weighted by Crippen LogP contribution is 2.22. The third-order valence-corrected chi connectivity index (χ3v) is 6.26. The smallest absolute Gasteiger partial charge is 0.266 e. The third-order valence-electron chi connectivity index (χ3n) is 6.26. The van der Waals surface area contributed by atoms with Gasteiger partial charge in [0.25, 0.3) is 5.56 Å². The Hall–Kier alpha value is -3.74. The molecule has 1 N–H and O–H groups in total. The number of fused-ring (bicyclic) bond motifs is 1. The van der Waals surface area contributed by atoms with Crippen LogP contribution in [0.15, 0.2) is 71.9 Å². The minimum atomic E-state index is -0.0966. The van der Waals surface area contributed by atoms with Crippen LogP contribution in [0.1, 0.15) is 18.4 Å². The van der Waals surface area contributed by atoms with Gasteiger partial charge in [-0.05, 0) is 48.6 Å². The van der Waals surface area contributed by atoms with Crippen molar-refractivity contribution in [3.05, 3.63) is 83.0 Å². The molecule has 1 aliphatic heterocycles. The second-order valence-corrected chi connectivity index (χ2v) is 8.34. The van der Waals surface area contributed by atoms with Gasteiger partial charge < -0.3 is 9.88 Å². The van der Waals surface area contributed by atoms with Gasteiger partial charge >= 0.3 is 0 Å². The molecule has 0 radical (unpaired) electrons. The number of nitrogens with one attached hydrogen (secondary N) is 1. The second kappa shape index (κ2) is 8.78. The largest absolute Gasteiger partial charge is 0.361 e. The molecule has 1 saturated heterocycles. The monoisotopic (exact) mass is 427 g/mol. The fraction of sp³-hybridized carbons (Fsp3) is 0.280. The summed E-state index contributed by atoms with van der Waals surface area (Å²) in [5.41, 5.74) is 3.70. The number of aromatic amines is 1. The van der Waals surface area contributed by atoms with Crippen LogP contribution in [0, 0.1) is 5.92 Å². The van der Waals surface area contributed by atoms with E-state index in [2.05, 4.69) is 15.1 Å². The number of nitrogens with zero attached hydrogens (tertiary/aromatic N) is 4. The van der Waals surface area contributed by atoms with Crippen LogP contribution in [0.2, 0.25) is 0 Å². The van der Waals surface area contributed by atoms with Gasteiger partial charge in [0.05, 0.1) is 12.1 Å². The molecule has 0 unspecified atom stereocenters. The zero-order valence-electron chi connectivity index (χ0n) is 17.8. The van der Waals surface area contributed by atoms with Crippen LogP contribution in [0.5, 0.6) is 0 Å². The molecule has 0 saturated carbocycles. The molecule has 5 rings (SSSR count). The highest BCUT2D eigenvalue weighted by atomic mass is 16.2. The number of benzene rings is 1. The summed E-state index contributed by atoms with van der Waals surface area (Å²) in [5.74, 6) is 0.480. The van der Waals surface area contributed by atoms with E-state index in [0.717, 1.165) is 40.6 Å². The van der Waals surface area contributed by atoms with Crippen molar-refractivity contribution in [2.45, 2.75) is 25.8 Å². The summed E-state index contributed by atoms with van der Waals surface area (Å²) in [5, 5.41) is 5.67. The SMILES string of the molecule is O=C(Cc1c[nH]c2ccccc12)N1CCC(Cn2nc(-c3ccncc3)ccc2=O)CC1. The van der Waals surface area contributed by atoms with Gasteiger partial charge in [0.2, 0.25) is 5.91 Å². The number of aromatic nitrogens is 4. The highest BCUT2D eigenvalue weighted by Gasteiger charge is 2.24. The molecule has 1 aliphatic rings. The minimum Gasteiger partial charge on any atom is -0.361 e. The molecule has 1 aromatic carbocycles. The molecule has 0 atom stereocenters. The van der Waals surface area contributed by atoms with Crippen molar-refractivity contribution in [3.63, 3.8) is 0 Å². The number of hydrogen-bond donors (Lipinski definition) is 1. The van der Waals surface area contributed by atoms with E-state index in [9.17, 15) is 9.59 Å². The van der Waals surface area contributed by atoms with Crippen molar-refractivity contribution in [2.24, 2.45) is 5.92 Å². The van der Waals surface area contributed by atoms with E-state index in [-0.39, 0.29) is 11.5 Å². The first-order chi connectivity index (χ1) is 15.7. The number of rotatable bonds is 5. The molecule has 162 valence electrons. The van der Waals surface area contributed by atoms with Crippen molar-refractivity contribution < 1.29 is 4.79 Å². The van der Waals surface area contributed by atoms with Gasteiger partial charge in [0.15, 0.2) is 0 Å². The van der Waals surface area contributed by atoms with Gasteiger partial charge in [-0.2, -0.15) is 5.10 Å². The summed E-state index contributed by atoms with van der Waals surface area (Å²) in [7, 11) is 0. The van der Waals surface area contributed by atoms with Crippen LogP contribution in [0.25, 0.3) is 22.2 Å². The lowest BCUT2D eigenvalue weighted by molar-refractivity contribution is -0.131. The lowest BCUT2D eigenvalue weighted by Gasteiger charge is -2.32. The molecule has 1 amide bonds. The molecule has 4 aromatic rings. The number of H-pyrrole nitrogens is 1. The van der Waals surface area contributed by atoms with Crippen LogP contribution >= 0.6 is 0 Å². The van der Waals surface area contributed by atoms with Gasteiger partial charge in [0, 0.05) is 60.8 Å². The van der Waals surface area contributed by atoms with E-state index in [1.165, 1.54) is 0 Å². The molecular weight excluding hydrogens is 402 g/mol. The fourth-order valence-corrected chi connectivity index (χ4v) is 4.42. The van der Waals surface area contributed by atoms with E-state index in [1.54, 1.807) is 29.2 Å². The number of para-hydroxylation sites is 1. The Balaban J connectivity index is 1.21. The van der Waals surface area contributed by atoms with Crippen LogP contribution in [0.3, 0.4) is 0 Å². The molecule has 0 aliphatic carbocycles. The molecule has 7 nitrogen and oxygen atoms in total. The second-order valence-electron chi connectivity index (χ2n) is 8.34. The van der Waals surface area contributed by atoms with E-state index < -0.39 is 0 Å². The molecular formula is C25H25N5O2. The quantitative estimate of drug-likeness (QED) is 0.530. The topological polar surface area (TPSA) is 83.9 Å². The number of hydrogen-bond acceptors (Lipinski definition) is 4. The molecule has 7 heteroatoms. The lowest BCUT2D eigenvalue weighted by atomic mass is 9.96. The maximum absolute atomic E-state index is 12.9. The van der Waals surface area contributed by atoms with Crippen LogP contribution in [0.4, 0.5) is 0 Å². The average molecular weight is 428 g/mol. The van der Waals surface area contributed by atoms with Gasteiger partial charge in [-0.3, -0.25) is 14.6 Å². The zero-order valence-corrected chi connectivity index (χ0v) is 17.8. The number of carbonyl (C=O) groups is 1. The summed E-state index contributed by atoms with van der Waals surface area (Å²) >= 11 is 0. The Kier molecular flexibility index (Phi) is 5.54. The fourth-order valence-electron chi connectivity index (χ4n) is 4.42. The molecule has 0 bridgehead atoms. The zero-order chi connectivity index (χ0) is 21.9. The van der Waals surface area contributed by atoms with Crippen LogP contribution in [-0.2, 0) is 17.8 Å². The van der Waals surface area contributed by atoms with Crippen LogP contribution in [-0.4, -0.2) is 43.6 Å².